The van der Waals surface area contributed by atoms with Crippen molar-refractivity contribution in [2.45, 2.75) is 25.2 Å². The smallest absolute Gasteiger partial charge is 0.251 e. The van der Waals surface area contributed by atoms with Crippen LogP contribution in [0.15, 0.2) is 83.6 Å². The summed E-state index contributed by atoms with van der Waals surface area (Å²) in [6, 6.07) is 19.4. The molecule has 0 aliphatic rings. The molecule has 2 heterocycles. The molecule has 2 N–H and O–H groups in total. The fourth-order valence-electron chi connectivity index (χ4n) is 3.16. The molecule has 4 rings (SSSR count). The van der Waals surface area contributed by atoms with E-state index in [-0.39, 0.29) is 17.6 Å². The lowest BCUT2D eigenvalue weighted by atomic mass is 10.1. The molecule has 4 aromatic rings. The maximum atomic E-state index is 12.6. The zero-order valence-electron chi connectivity index (χ0n) is 18.2. The summed E-state index contributed by atoms with van der Waals surface area (Å²) in [4.78, 5) is 30.4. The largest absolute Gasteiger partial charge is 0.351 e. The van der Waals surface area contributed by atoms with Crippen molar-refractivity contribution < 1.29 is 9.59 Å². The number of hydrogen-bond acceptors (Lipinski definition) is 5. The predicted octanol–water partition coefficient (Wildman–Crippen LogP) is 4.58. The van der Waals surface area contributed by atoms with E-state index in [1.54, 1.807) is 23.6 Å². The number of aryl methyl sites for hydroxylation is 1. The number of aromatic nitrogens is 2. The fourth-order valence-corrected chi connectivity index (χ4v) is 4.61. The molecule has 0 bridgehead atoms. The molecule has 0 radical (unpaired) electrons. The molecular weight excluding hydrogens is 452 g/mol. The molecular formula is C25H24N4O2S2. The van der Waals surface area contributed by atoms with Gasteiger partial charge in [0.05, 0.1) is 12.3 Å². The van der Waals surface area contributed by atoms with E-state index in [4.69, 9.17) is 0 Å². The Morgan fingerprint density at radius 3 is 2.67 bits per heavy atom. The first-order valence-electron chi connectivity index (χ1n) is 10.5. The van der Waals surface area contributed by atoms with Crippen LogP contribution < -0.4 is 10.6 Å². The number of nitrogens with zero attached hydrogens (tertiary/aromatic N) is 2. The average molecular weight is 477 g/mol. The molecule has 0 spiro atoms. The van der Waals surface area contributed by atoms with E-state index in [0.29, 0.717) is 23.8 Å². The minimum atomic E-state index is -0.130. The highest BCUT2D eigenvalue weighted by molar-refractivity contribution is 7.99. The molecule has 0 atom stereocenters. The third kappa shape index (κ3) is 6.34. The van der Waals surface area contributed by atoms with Gasteiger partial charge in [-0.25, -0.2) is 4.98 Å². The highest BCUT2D eigenvalue weighted by Crippen LogP contribution is 2.21. The van der Waals surface area contributed by atoms with Gasteiger partial charge in [-0.2, -0.15) is 0 Å². The van der Waals surface area contributed by atoms with Crippen LogP contribution in [0.1, 0.15) is 26.4 Å². The van der Waals surface area contributed by atoms with E-state index < -0.39 is 0 Å². The van der Waals surface area contributed by atoms with Gasteiger partial charge in [0.15, 0.2) is 5.16 Å². The summed E-state index contributed by atoms with van der Waals surface area (Å²) in [6.45, 7) is 3.04. The zero-order chi connectivity index (χ0) is 23.0. The first kappa shape index (κ1) is 22.8. The van der Waals surface area contributed by atoms with Gasteiger partial charge >= 0.3 is 0 Å². The third-order valence-corrected chi connectivity index (χ3v) is 6.78. The summed E-state index contributed by atoms with van der Waals surface area (Å²) in [6.07, 6.45) is 3.52. The van der Waals surface area contributed by atoms with Crippen molar-refractivity contribution in [1.82, 2.24) is 20.2 Å². The third-order valence-electron chi connectivity index (χ3n) is 4.94. The monoisotopic (exact) mass is 476 g/mol. The number of benzene rings is 2. The Bertz CT molecular complexity index is 1220. The number of rotatable bonds is 9. The minimum Gasteiger partial charge on any atom is -0.351 e. The molecule has 2 aromatic carbocycles. The number of hydrogen-bond donors (Lipinski definition) is 2. The Morgan fingerprint density at radius 1 is 1.03 bits per heavy atom. The van der Waals surface area contributed by atoms with Gasteiger partial charge in [0, 0.05) is 35.1 Å². The van der Waals surface area contributed by atoms with Crippen molar-refractivity contribution in [2.24, 2.45) is 0 Å². The van der Waals surface area contributed by atoms with Crippen LogP contribution in [0, 0.1) is 6.92 Å². The maximum absolute atomic E-state index is 12.6. The first-order valence-corrected chi connectivity index (χ1v) is 12.3. The molecule has 2 amide bonds. The van der Waals surface area contributed by atoms with E-state index in [0.717, 1.165) is 16.1 Å². The Morgan fingerprint density at radius 2 is 1.88 bits per heavy atom. The van der Waals surface area contributed by atoms with Crippen LogP contribution in [0.3, 0.4) is 0 Å². The van der Waals surface area contributed by atoms with Gasteiger partial charge in [0.2, 0.25) is 5.91 Å². The molecule has 33 heavy (non-hydrogen) atoms. The normalized spacial score (nSPS) is 10.7. The number of thiophene rings is 1. The van der Waals surface area contributed by atoms with Crippen molar-refractivity contribution in [1.29, 1.82) is 0 Å². The number of thioether (sulfide) groups is 1. The molecule has 0 fully saturated rings. The van der Waals surface area contributed by atoms with Crippen LogP contribution in [0.2, 0.25) is 0 Å². The molecule has 0 saturated carbocycles. The first-order chi connectivity index (χ1) is 16.1. The molecule has 168 valence electrons. The van der Waals surface area contributed by atoms with E-state index >= 15 is 0 Å². The topological polar surface area (TPSA) is 76.0 Å². The zero-order valence-corrected chi connectivity index (χ0v) is 19.8. The fraction of sp³-hybridized carbons (Fsp3) is 0.160. The molecule has 0 unspecified atom stereocenters. The van der Waals surface area contributed by atoms with Gasteiger partial charge < -0.3 is 10.6 Å². The number of carbonyl (C=O) groups is 2. The lowest BCUT2D eigenvalue weighted by Crippen LogP contribution is -2.24. The van der Waals surface area contributed by atoms with Crippen molar-refractivity contribution in [2.75, 3.05) is 5.75 Å². The van der Waals surface area contributed by atoms with Crippen molar-refractivity contribution in [3.63, 3.8) is 0 Å². The Hall–Kier alpha value is -3.36. The summed E-state index contributed by atoms with van der Waals surface area (Å²) < 4.78 is 1.88. The van der Waals surface area contributed by atoms with E-state index in [1.165, 1.54) is 17.3 Å². The van der Waals surface area contributed by atoms with Gasteiger partial charge in [-0.15, -0.1) is 11.3 Å². The average Bonchev–Trinajstić information content (AvgIpc) is 3.53. The second-order valence-electron chi connectivity index (χ2n) is 7.44. The standard InChI is InChI=1S/C25H24N4O2S2/c1-18-7-9-19(10-8-18)15-27-23(30)17-33-25-26-11-12-29(25)21-5-2-4-20(14-21)24(31)28-16-22-6-3-13-32-22/h2-14H,15-17H2,1H3,(H,27,30)(H,28,31). The maximum Gasteiger partial charge on any atom is 0.251 e. The van der Waals surface area contributed by atoms with Crippen molar-refractivity contribution in [3.05, 3.63) is 100 Å². The SMILES string of the molecule is Cc1ccc(CNC(=O)CSc2nccn2-c2cccc(C(=O)NCc3cccs3)c2)cc1. The Labute approximate surface area is 201 Å². The van der Waals surface area contributed by atoms with Crippen molar-refractivity contribution in [3.8, 4) is 5.69 Å². The predicted molar refractivity (Wildman–Crippen MR) is 133 cm³/mol. The molecule has 0 aliphatic carbocycles. The summed E-state index contributed by atoms with van der Waals surface area (Å²) in [7, 11) is 0. The highest BCUT2D eigenvalue weighted by atomic mass is 32.2. The lowest BCUT2D eigenvalue weighted by Gasteiger charge is -2.10. The number of imidazole rings is 1. The quantitative estimate of drug-likeness (QED) is 0.347. The highest BCUT2D eigenvalue weighted by Gasteiger charge is 2.12. The number of nitrogens with one attached hydrogen (secondary N) is 2. The summed E-state index contributed by atoms with van der Waals surface area (Å²) >= 11 is 2.97. The van der Waals surface area contributed by atoms with Crippen molar-refractivity contribution >= 4 is 34.9 Å². The molecule has 2 aromatic heterocycles. The Kier molecular flexibility index (Phi) is 7.59. The van der Waals surface area contributed by atoms with Crippen LogP contribution in [0.25, 0.3) is 5.69 Å². The Balaban J connectivity index is 1.34. The number of carbonyl (C=O) groups excluding carboxylic acids is 2. The van der Waals surface area contributed by atoms with Gasteiger partial charge in [0.25, 0.3) is 5.91 Å². The van der Waals surface area contributed by atoms with Crippen LogP contribution in [-0.2, 0) is 17.9 Å². The lowest BCUT2D eigenvalue weighted by molar-refractivity contribution is -0.118. The van der Waals surface area contributed by atoms with E-state index in [1.807, 2.05) is 77.7 Å². The second-order valence-corrected chi connectivity index (χ2v) is 9.42. The molecule has 6 nitrogen and oxygen atoms in total. The van der Waals surface area contributed by atoms with Gasteiger partial charge in [0.1, 0.15) is 0 Å². The number of amides is 2. The van der Waals surface area contributed by atoms with Gasteiger partial charge in [-0.1, -0.05) is 53.7 Å². The second kappa shape index (κ2) is 11.0. The van der Waals surface area contributed by atoms with Crippen LogP contribution in [0.4, 0.5) is 0 Å². The van der Waals surface area contributed by atoms with E-state index in [9.17, 15) is 9.59 Å². The minimum absolute atomic E-state index is 0.0585. The summed E-state index contributed by atoms with van der Waals surface area (Å²) in [5.41, 5.74) is 3.65. The molecule has 0 saturated heterocycles. The molecule has 0 aliphatic heterocycles. The van der Waals surface area contributed by atoms with Gasteiger partial charge in [-0.05, 0) is 42.1 Å². The summed E-state index contributed by atoms with van der Waals surface area (Å²) in [5, 5.41) is 8.57. The van der Waals surface area contributed by atoms with Gasteiger partial charge in [-0.3, -0.25) is 14.2 Å². The summed E-state index contributed by atoms with van der Waals surface area (Å²) in [5.74, 6) is 0.0658. The van der Waals surface area contributed by atoms with Crippen LogP contribution >= 0.6 is 23.1 Å². The van der Waals surface area contributed by atoms with Crippen LogP contribution in [-0.4, -0.2) is 27.1 Å². The molecule has 8 heteroatoms. The van der Waals surface area contributed by atoms with E-state index in [2.05, 4.69) is 15.6 Å². The van der Waals surface area contributed by atoms with Crippen LogP contribution in [0.5, 0.6) is 0 Å².